The second-order valence-corrected chi connectivity index (χ2v) is 13.8. The summed E-state index contributed by atoms with van der Waals surface area (Å²) in [6, 6.07) is 3.00. The Morgan fingerprint density at radius 3 is 2.35 bits per heavy atom. The molecule has 2 bridgehead atoms. The van der Waals surface area contributed by atoms with Crippen molar-refractivity contribution in [3.05, 3.63) is 91.9 Å². The standard InChI is InChI=1S/C38H40F5N3O5/c1-6-23-12-25(35-21(4)10-26(39)11-22(35)5)13-29(36(23)40)31(16-34(48)49)44-37(50)32(9-20(2)3)46-17-24(30(15-33(46)47)38(41,42)43)7-8-45-18-28-14-27(45)19-51-28/h1,10-13,15,17,20,27-28,31-32H,7-9,14,16,18-19H2,2-5H3,(H,44,50)(H,48,49)/t27-,28-,31-,32+/m1/s1. The van der Waals surface area contributed by atoms with E-state index >= 15 is 4.39 Å². The molecule has 1 aromatic heterocycles. The van der Waals surface area contributed by atoms with Crippen LogP contribution in [0.25, 0.3) is 11.1 Å². The predicted molar refractivity (Wildman–Crippen MR) is 180 cm³/mol. The van der Waals surface area contributed by atoms with E-state index in [0.717, 1.165) is 17.2 Å². The molecular formula is C38H40F5N3O5. The smallest absolute Gasteiger partial charge is 0.416 e. The summed E-state index contributed by atoms with van der Waals surface area (Å²) < 4.78 is 79.2. The Morgan fingerprint density at radius 2 is 1.80 bits per heavy atom. The molecule has 0 radical (unpaired) electrons. The first-order chi connectivity index (χ1) is 24.0. The minimum Gasteiger partial charge on any atom is -0.481 e. The number of ether oxygens (including phenoxy) is 1. The number of halogens is 5. The van der Waals surface area contributed by atoms with Gasteiger partial charge in [-0.3, -0.25) is 19.3 Å². The van der Waals surface area contributed by atoms with Crippen molar-refractivity contribution < 1.29 is 41.4 Å². The Hall–Kier alpha value is -4.54. The van der Waals surface area contributed by atoms with Crippen molar-refractivity contribution in [3.63, 3.8) is 0 Å². The Labute approximate surface area is 292 Å². The molecule has 2 aliphatic heterocycles. The average Bonchev–Trinajstić information content (AvgIpc) is 3.66. The minimum atomic E-state index is -4.83. The van der Waals surface area contributed by atoms with Gasteiger partial charge in [0.2, 0.25) is 5.91 Å². The van der Waals surface area contributed by atoms with Crippen LogP contribution in [0.3, 0.4) is 0 Å². The van der Waals surface area contributed by atoms with Crippen molar-refractivity contribution in [2.45, 2.75) is 83.8 Å². The maximum absolute atomic E-state index is 15.9. The number of pyridine rings is 1. The molecule has 0 aliphatic carbocycles. The zero-order valence-electron chi connectivity index (χ0n) is 28.7. The number of aryl methyl sites for hydroxylation is 2. The highest BCUT2D eigenvalue weighted by atomic mass is 19.4. The molecule has 0 saturated carbocycles. The highest BCUT2D eigenvalue weighted by molar-refractivity contribution is 5.82. The SMILES string of the molecule is C#Cc1cc(-c2c(C)cc(F)cc2C)cc([C@@H](CC(=O)O)NC(=O)[C@H](CC(C)C)n2cc(CCN3C[C@H]4C[C@@H]3CO4)c(C(F)(F)F)cc2=O)c1F. The van der Waals surface area contributed by atoms with Gasteiger partial charge in [0.05, 0.1) is 36.3 Å². The van der Waals surface area contributed by atoms with Gasteiger partial charge in [0.25, 0.3) is 5.56 Å². The summed E-state index contributed by atoms with van der Waals surface area (Å²) in [5, 5.41) is 12.4. The van der Waals surface area contributed by atoms with Gasteiger partial charge in [-0.25, -0.2) is 8.78 Å². The van der Waals surface area contributed by atoms with E-state index in [2.05, 4.69) is 16.1 Å². The first kappa shape index (κ1) is 37.7. The van der Waals surface area contributed by atoms with E-state index in [0.29, 0.717) is 41.5 Å². The number of alkyl halides is 3. The Bertz CT molecular complexity index is 1910. The predicted octanol–water partition coefficient (Wildman–Crippen LogP) is 6.35. The fourth-order valence-electron chi connectivity index (χ4n) is 7.31. The Morgan fingerprint density at radius 1 is 1.12 bits per heavy atom. The highest BCUT2D eigenvalue weighted by Gasteiger charge is 2.40. The molecule has 51 heavy (non-hydrogen) atoms. The van der Waals surface area contributed by atoms with Crippen molar-refractivity contribution in [2.24, 2.45) is 5.92 Å². The molecule has 0 unspecified atom stereocenters. The van der Waals surface area contributed by atoms with Crippen LogP contribution in [0.4, 0.5) is 22.0 Å². The van der Waals surface area contributed by atoms with Crippen molar-refractivity contribution in [1.29, 1.82) is 0 Å². The highest BCUT2D eigenvalue weighted by Crippen LogP contribution is 2.36. The molecule has 2 N–H and O–H groups in total. The summed E-state index contributed by atoms with van der Waals surface area (Å²) in [5.41, 5.74) is -0.910. The van der Waals surface area contributed by atoms with Crippen LogP contribution in [0.5, 0.6) is 0 Å². The third kappa shape index (κ3) is 8.34. The number of amides is 1. The van der Waals surface area contributed by atoms with E-state index in [1.165, 1.54) is 24.3 Å². The van der Waals surface area contributed by atoms with Gasteiger partial charge in [0.1, 0.15) is 17.7 Å². The number of nitrogens with one attached hydrogen (secondary N) is 1. The Kier molecular flexibility index (Phi) is 11.1. The molecular weight excluding hydrogens is 673 g/mol. The summed E-state index contributed by atoms with van der Waals surface area (Å²) >= 11 is 0. The van der Waals surface area contributed by atoms with Crippen LogP contribution in [0.15, 0.2) is 41.3 Å². The molecule has 272 valence electrons. The average molecular weight is 714 g/mol. The molecule has 2 aromatic carbocycles. The number of carbonyl (C=O) groups is 2. The number of terminal acetylenes is 1. The molecule has 3 aromatic rings. The summed E-state index contributed by atoms with van der Waals surface area (Å²) in [6.45, 7) is 8.19. The summed E-state index contributed by atoms with van der Waals surface area (Å²) in [6.07, 6.45) is 1.85. The number of carboxylic acid groups (broad SMARTS) is 1. The number of carbonyl (C=O) groups excluding carboxylic acids is 1. The third-order valence-electron chi connectivity index (χ3n) is 9.60. The van der Waals surface area contributed by atoms with Crippen LogP contribution in [0, 0.1) is 43.7 Å². The lowest BCUT2D eigenvalue weighted by Crippen LogP contribution is -2.41. The van der Waals surface area contributed by atoms with E-state index in [4.69, 9.17) is 11.2 Å². The zero-order chi connectivity index (χ0) is 37.4. The van der Waals surface area contributed by atoms with Crippen molar-refractivity contribution in [1.82, 2.24) is 14.8 Å². The van der Waals surface area contributed by atoms with Gasteiger partial charge < -0.3 is 19.7 Å². The lowest BCUT2D eigenvalue weighted by atomic mass is 9.90. The lowest BCUT2D eigenvalue weighted by Gasteiger charge is -2.28. The molecule has 5 rings (SSSR count). The monoisotopic (exact) mass is 713 g/mol. The van der Waals surface area contributed by atoms with E-state index < -0.39 is 59.3 Å². The number of hydrogen-bond donors (Lipinski definition) is 2. The van der Waals surface area contributed by atoms with Crippen LogP contribution < -0.4 is 10.9 Å². The number of rotatable bonds is 12. The quantitative estimate of drug-likeness (QED) is 0.168. The van der Waals surface area contributed by atoms with Gasteiger partial charge in [-0.2, -0.15) is 13.2 Å². The molecule has 13 heteroatoms. The first-order valence-electron chi connectivity index (χ1n) is 16.7. The number of hydrogen-bond acceptors (Lipinski definition) is 5. The van der Waals surface area contributed by atoms with Gasteiger partial charge in [-0.1, -0.05) is 19.8 Å². The number of likely N-dealkylation sites (tertiary alicyclic amines) is 1. The zero-order valence-corrected chi connectivity index (χ0v) is 28.7. The number of aromatic nitrogens is 1. The van der Waals surface area contributed by atoms with Gasteiger partial charge >= 0.3 is 12.1 Å². The fourth-order valence-corrected chi connectivity index (χ4v) is 7.31. The number of carboxylic acids is 1. The van der Waals surface area contributed by atoms with E-state index in [1.54, 1.807) is 27.7 Å². The molecule has 4 atom stereocenters. The van der Waals surface area contributed by atoms with Gasteiger partial charge in [-0.15, -0.1) is 6.42 Å². The molecule has 8 nitrogen and oxygen atoms in total. The van der Waals surface area contributed by atoms with E-state index in [1.807, 2.05) is 0 Å². The van der Waals surface area contributed by atoms with Crippen LogP contribution in [0.1, 0.15) is 78.6 Å². The van der Waals surface area contributed by atoms with Crippen molar-refractivity contribution >= 4 is 11.9 Å². The van der Waals surface area contributed by atoms with Crippen molar-refractivity contribution in [2.75, 3.05) is 19.7 Å². The number of nitrogens with zero attached hydrogens (tertiary/aromatic N) is 2. The number of morpholine rings is 1. The molecule has 3 heterocycles. The van der Waals surface area contributed by atoms with Gasteiger partial charge in [-0.05, 0) is 91.1 Å². The number of benzene rings is 2. The molecule has 2 saturated heterocycles. The Balaban J connectivity index is 1.54. The maximum atomic E-state index is 15.9. The largest absolute Gasteiger partial charge is 0.481 e. The lowest BCUT2D eigenvalue weighted by molar-refractivity contribution is -0.139. The topological polar surface area (TPSA) is 101 Å². The van der Waals surface area contributed by atoms with Crippen molar-refractivity contribution in [3.8, 4) is 23.5 Å². The number of aliphatic carboxylic acids is 1. The second-order valence-electron chi connectivity index (χ2n) is 13.8. The van der Waals surface area contributed by atoms with E-state index in [-0.39, 0.29) is 54.1 Å². The second kappa shape index (κ2) is 15.0. The summed E-state index contributed by atoms with van der Waals surface area (Å²) in [5.74, 6) is -1.72. The van der Waals surface area contributed by atoms with Crippen LogP contribution >= 0.6 is 0 Å². The summed E-state index contributed by atoms with van der Waals surface area (Å²) in [7, 11) is 0. The van der Waals surface area contributed by atoms with Crippen LogP contribution in [-0.2, 0) is 26.9 Å². The molecule has 2 fully saturated rings. The van der Waals surface area contributed by atoms with Gasteiger partial charge in [0.15, 0.2) is 0 Å². The maximum Gasteiger partial charge on any atom is 0.416 e. The first-order valence-corrected chi connectivity index (χ1v) is 16.7. The van der Waals surface area contributed by atoms with Crippen LogP contribution in [-0.4, -0.2) is 58.3 Å². The summed E-state index contributed by atoms with van der Waals surface area (Å²) in [4.78, 5) is 41.6. The normalized spacial score (nSPS) is 18.5. The van der Waals surface area contributed by atoms with E-state index in [9.17, 15) is 37.1 Å². The molecule has 0 spiro atoms. The molecule has 2 aliphatic rings. The fraction of sp³-hybridized carbons (Fsp3) is 0.447. The third-order valence-corrected chi connectivity index (χ3v) is 9.60. The number of fused-ring (bicyclic) bond motifs is 2. The molecule has 1 amide bonds. The minimum absolute atomic E-state index is 0.00432. The van der Waals surface area contributed by atoms with Crippen LogP contribution in [0.2, 0.25) is 0 Å². The van der Waals surface area contributed by atoms with Gasteiger partial charge in [0, 0.05) is 37.0 Å².